The highest BCUT2D eigenvalue weighted by molar-refractivity contribution is 6.30. The molecule has 118 valence electrons. The fourth-order valence-electron chi connectivity index (χ4n) is 3.32. The first-order valence-electron chi connectivity index (χ1n) is 7.79. The second-order valence-electron chi connectivity index (χ2n) is 5.73. The number of nitrogens with one attached hydrogen (secondary N) is 1. The first-order chi connectivity index (χ1) is 10.3. The maximum atomic E-state index is 6.21. The van der Waals surface area contributed by atoms with E-state index in [1.807, 2.05) is 12.1 Å². The van der Waals surface area contributed by atoms with Crippen LogP contribution in [0.3, 0.4) is 0 Å². The predicted molar refractivity (Wildman–Crippen MR) is 87.4 cm³/mol. The lowest BCUT2D eigenvalue weighted by molar-refractivity contribution is 0.197. The molecule has 0 amide bonds. The quantitative estimate of drug-likeness (QED) is 0.740. The Morgan fingerprint density at radius 1 is 1.29 bits per heavy atom. The van der Waals surface area contributed by atoms with Crippen LogP contribution in [0.25, 0.3) is 0 Å². The summed E-state index contributed by atoms with van der Waals surface area (Å²) in [6.07, 6.45) is 5.27. The zero-order valence-corrected chi connectivity index (χ0v) is 13.8. The Bertz CT molecular complexity index is 433. The van der Waals surface area contributed by atoms with E-state index in [0.717, 1.165) is 30.5 Å². The highest BCUT2D eigenvalue weighted by Crippen LogP contribution is 2.41. The third-order valence-corrected chi connectivity index (χ3v) is 4.64. The summed E-state index contributed by atoms with van der Waals surface area (Å²) >= 11 is 6.21. The van der Waals surface area contributed by atoms with Crippen molar-refractivity contribution in [3.8, 4) is 5.75 Å². The van der Waals surface area contributed by atoms with Crippen molar-refractivity contribution in [1.82, 2.24) is 5.32 Å². The Morgan fingerprint density at radius 3 is 2.71 bits per heavy atom. The molecule has 1 atom stereocenters. The number of ether oxygens (including phenoxy) is 2. The van der Waals surface area contributed by atoms with Crippen LogP contribution in [0.5, 0.6) is 5.75 Å². The zero-order valence-electron chi connectivity index (χ0n) is 13.0. The van der Waals surface area contributed by atoms with Gasteiger partial charge in [-0.05, 0) is 37.0 Å². The molecule has 1 aromatic carbocycles. The molecule has 0 saturated heterocycles. The third-order valence-electron chi connectivity index (χ3n) is 4.41. The van der Waals surface area contributed by atoms with Crippen molar-refractivity contribution in [1.29, 1.82) is 0 Å². The van der Waals surface area contributed by atoms with Crippen LogP contribution in [-0.2, 0) is 4.74 Å². The molecule has 4 heteroatoms. The van der Waals surface area contributed by atoms with Crippen molar-refractivity contribution in [2.75, 3.05) is 33.9 Å². The van der Waals surface area contributed by atoms with Crippen molar-refractivity contribution < 1.29 is 9.47 Å². The number of hydrogen-bond donors (Lipinski definition) is 1. The Balaban J connectivity index is 2.15. The van der Waals surface area contributed by atoms with Gasteiger partial charge in [-0.25, -0.2) is 0 Å². The molecule has 0 aromatic heterocycles. The molecule has 1 N–H and O–H groups in total. The molecule has 1 aliphatic rings. The highest BCUT2D eigenvalue weighted by Gasteiger charge is 2.28. The van der Waals surface area contributed by atoms with Crippen LogP contribution in [0, 0.1) is 5.92 Å². The van der Waals surface area contributed by atoms with Crippen LogP contribution < -0.4 is 10.1 Å². The monoisotopic (exact) mass is 311 g/mol. The first-order valence-corrected chi connectivity index (χ1v) is 8.17. The van der Waals surface area contributed by atoms with E-state index in [4.69, 9.17) is 21.1 Å². The Labute approximate surface area is 133 Å². The lowest BCUT2D eigenvalue weighted by Crippen LogP contribution is -2.28. The van der Waals surface area contributed by atoms with Crippen molar-refractivity contribution in [3.63, 3.8) is 0 Å². The van der Waals surface area contributed by atoms with E-state index in [0.29, 0.717) is 11.8 Å². The van der Waals surface area contributed by atoms with Crippen LogP contribution in [-0.4, -0.2) is 33.9 Å². The van der Waals surface area contributed by atoms with Gasteiger partial charge in [-0.1, -0.05) is 24.4 Å². The molecule has 1 unspecified atom stereocenters. The van der Waals surface area contributed by atoms with E-state index in [2.05, 4.69) is 11.4 Å². The topological polar surface area (TPSA) is 30.5 Å². The molecule has 1 aromatic rings. The van der Waals surface area contributed by atoms with E-state index in [1.165, 1.54) is 31.2 Å². The molecule has 2 rings (SSSR count). The fraction of sp³-hybridized carbons (Fsp3) is 0.647. The summed E-state index contributed by atoms with van der Waals surface area (Å²) in [5, 5.41) is 4.29. The lowest BCUT2D eigenvalue weighted by atomic mass is 9.84. The molecule has 1 saturated carbocycles. The van der Waals surface area contributed by atoms with Gasteiger partial charge < -0.3 is 14.8 Å². The van der Waals surface area contributed by atoms with E-state index in [9.17, 15) is 0 Å². The van der Waals surface area contributed by atoms with Crippen LogP contribution in [0.15, 0.2) is 18.2 Å². The van der Waals surface area contributed by atoms with Gasteiger partial charge in [0.05, 0.1) is 13.7 Å². The summed E-state index contributed by atoms with van der Waals surface area (Å²) in [6, 6.07) is 5.95. The van der Waals surface area contributed by atoms with Crippen molar-refractivity contribution >= 4 is 11.6 Å². The first kappa shape index (κ1) is 16.6. The van der Waals surface area contributed by atoms with Gasteiger partial charge in [-0.3, -0.25) is 0 Å². The van der Waals surface area contributed by atoms with Gasteiger partial charge in [-0.2, -0.15) is 0 Å². The summed E-state index contributed by atoms with van der Waals surface area (Å²) in [7, 11) is 3.47. The number of methoxy groups -OCH3 is 2. The molecule has 0 spiro atoms. The minimum atomic E-state index is 0.456. The molecular weight excluding hydrogens is 286 g/mol. The molecule has 0 heterocycles. The Hall–Kier alpha value is -0.770. The minimum absolute atomic E-state index is 0.456. The van der Waals surface area contributed by atoms with Gasteiger partial charge in [-0.15, -0.1) is 0 Å². The molecule has 1 fully saturated rings. The second-order valence-corrected chi connectivity index (χ2v) is 6.17. The highest BCUT2D eigenvalue weighted by atomic mass is 35.5. The van der Waals surface area contributed by atoms with Gasteiger partial charge in [0.1, 0.15) is 5.75 Å². The van der Waals surface area contributed by atoms with E-state index in [1.54, 1.807) is 14.2 Å². The predicted octanol–water partition coefficient (Wildman–Crippen LogP) is 3.86. The normalized spacial score (nSPS) is 17.1. The van der Waals surface area contributed by atoms with Crippen LogP contribution >= 0.6 is 11.6 Å². The summed E-state index contributed by atoms with van der Waals surface area (Å²) < 4.78 is 10.7. The maximum Gasteiger partial charge on any atom is 0.122 e. The molecule has 0 aliphatic heterocycles. The van der Waals surface area contributed by atoms with Crippen molar-refractivity contribution in [3.05, 3.63) is 28.8 Å². The molecule has 1 aliphatic carbocycles. The van der Waals surface area contributed by atoms with Crippen LogP contribution in [0.1, 0.15) is 37.2 Å². The largest absolute Gasteiger partial charge is 0.496 e. The summed E-state index contributed by atoms with van der Waals surface area (Å²) in [5.74, 6) is 2.12. The number of rotatable bonds is 8. The SMILES string of the molecule is COCCNCC(c1cc(Cl)ccc1OC)C1CCCC1. The molecule has 0 radical (unpaired) electrons. The van der Waals surface area contributed by atoms with E-state index >= 15 is 0 Å². The number of benzene rings is 1. The summed E-state index contributed by atoms with van der Waals surface area (Å²) in [6.45, 7) is 2.57. The van der Waals surface area contributed by atoms with Crippen LogP contribution in [0.2, 0.25) is 5.02 Å². The molecule has 0 bridgehead atoms. The average molecular weight is 312 g/mol. The smallest absolute Gasteiger partial charge is 0.122 e. The van der Waals surface area contributed by atoms with E-state index < -0.39 is 0 Å². The van der Waals surface area contributed by atoms with Gasteiger partial charge in [0.2, 0.25) is 0 Å². The molecular formula is C17H26ClNO2. The molecule has 3 nitrogen and oxygen atoms in total. The second kappa shape index (κ2) is 8.62. The van der Waals surface area contributed by atoms with Gasteiger partial charge in [0.25, 0.3) is 0 Å². The van der Waals surface area contributed by atoms with Gasteiger partial charge >= 0.3 is 0 Å². The Morgan fingerprint density at radius 2 is 2.05 bits per heavy atom. The average Bonchev–Trinajstić information content (AvgIpc) is 3.01. The summed E-state index contributed by atoms with van der Waals surface area (Å²) in [5.41, 5.74) is 1.24. The van der Waals surface area contributed by atoms with Gasteiger partial charge in [0.15, 0.2) is 0 Å². The third kappa shape index (κ3) is 4.60. The number of hydrogen-bond acceptors (Lipinski definition) is 3. The standard InChI is InChI=1S/C17H26ClNO2/c1-20-10-9-19-12-16(13-5-3-4-6-13)15-11-14(18)7-8-17(15)21-2/h7-8,11,13,16,19H,3-6,9-10,12H2,1-2H3. The van der Waals surface area contributed by atoms with Crippen LogP contribution in [0.4, 0.5) is 0 Å². The minimum Gasteiger partial charge on any atom is -0.496 e. The Kier molecular flexibility index (Phi) is 6.81. The van der Waals surface area contributed by atoms with Crippen molar-refractivity contribution in [2.45, 2.75) is 31.6 Å². The fourth-order valence-corrected chi connectivity index (χ4v) is 3.50. The maximum absolute atomic E-state index is 6.21. The lowest BCUT2D eigenvalue weighted by Gasteiger charge is -2.26. The van der Waals surface area contributed by atoms with Gasteiger partial charge in [0, 0.05) is 36.7 Å². The molecule has 21 heavy (non-hydrogen) atoms. The van der Waals surface area contributed by atoms with Crippen molar-refractivity contribution in [2.24, 2.45) is 5.92 Å². The zero-order chi connectivity index (χ0) is 15.1. The summed E-state index contributed by atoms with van der Waals surface area (Å²) in [4.78, 5) is 0. The van der Waals surface area contributed by atoms with E-state index in [-0.39, 0.29) is 0 Å². The number of halogens is 1.